The van der Waals surface area contributed by atoms with Crippen LogP contribution in [0.2, 0.25) is 0 Å². The van der Waals surface area contributed by atoms with Gasteiger partial charge in [0, 0.05) is 12.2 Å². The van der Waals surface area contributed by atoms with Gasteiger partial charge in [0.05, 0.1) is 5.56 Å². The van der Waals surface area contributed by atoms with Gasteiger partial charge in [-0.25, -0.2) is 4.79 Å². The molecule has 2 N–H and O–H groups in total. The highest BCUT2D eigenvalue weighted by Gasteiger charge is 2.28. The maximum absolute atomic E-state index is 12.8. The molecule has 7 heteroatoms. The summed E-state index contributed by atoms with van der Waals surface area (Å²) < 4.78 is 10.5. The lowest BCUT2D eigenvalue weighted by atomic mass is 10.0. The SMILES string of the molecule is CC(OC(=O)c1ccc(OCC(N)=O)cc1)C(=O)N1CCCc2ccccc21. The molecule has 0 saturated carbocycles. The van der Waals surface area contributed by atoms with Crippen molar-refractivity contribution in [1.29, 1.82) is 0 Å². The summed E-state index contributed by atoms with van der Waals surface area (Å²) in [5.74, 6) is -1.03. The Kier molecular flexibility index (Phi) is 5.93. The minimum atomic E-state index is -0.913. The molecule has 1 atom stereocenters. The number of carbonyl (C=O) groups is 3. The van der Waals surface area contributed by atoms with E-state index >= 15 is 0 Å². The number of aryl methyl sites for hydroxylation is 1. The summed E-state index contributed by atoms with van der Waals surface area (Å²) in [5, 5.41) is 0. The molecule has 2 amide bonds. The quantitative estimate of drug-likeness (QED) is 0.771. The Morgan fingerprint density at radius 3 is 2.54 bits per heavy atom. The molecule has 28 heavy (non-hydrogen) atoms. The van der Waals surface area contributed by atoms with Gasteiger partial charge in [0.15, 0.2) is 12.7 Å². The average molecular weight is 382 g/mol. The minimum absolute atomic E-state index is 0.243. The Morgan fingerprint density at radius 1 is 1.11 bits per heavy atom. The van der Waals surface area contributed by atoms with E-state index in [4.69, 9.17) is 15.2 Å². The second-order valence-corrected chi connectivity index (χ2v) is 6.55. The minimum Gasteiger partial charge on any atom is -0.484 e. The Labute approximate surface area is 163 Å². The number of fused-ring (bicyclic) bond motifs is 1. The van der Waals surface area contributed by atoms with Gasteiger partial charge < -0.3 is 20.1 Å². The first kappa shape index (κ1) is 19.4. The summed E-state index contributed by atoms with van der Waals surface area (Å²) in [7, 11) is 0. The van der Waals surface area contributed by atoms with E-state index in [-0.39, 0.29) is 18.1 Å². The average Bonchev–Trinajstić information content (AvgIpc) is 2.71. The standard InChI is InChI=1S/C21H22N2O5/c1-14(20(25)23-12-4-6-15-5-2-3-7-18(15)23)28-21(26)16-8-10-17(11-9-16)27-13-19(22)24/h2-3,5,7-11,14H,4,6,12-13H2,1H3,(H2,22,24). The number of benzene rings is 2. The van der Waals surface area contributed by atoms with Crippen LogP contribution in [-0.4, -0.2) is 37.0 Å². The third kappa shape index (κ3) is 4.49. The largest absolute Gasteiger partial charge is 0.484 e. The van der Waals surface area contributed by atoms with Gasteiger partial charge in [0.25, 0.3) is 11.8 Å². The highest BCUT2D eigenvalue weighted by Crippen LogP contribution is 2.27. The molecular weight excluding hydrogens is 360 g/mol. The van der Waals surface area contributed by atoms with E-state index in [1.807, 2.05) is 24.3 Å². The van der Waals surface area contributed by atoms with Crippen LogP contribution in [0.4, 0.5) is 5.69 Å². The highest BCUT2D eigenvalue weighted by molar-refractivity contribution is 5.99. The fraction of sp³-hybridized carbons (Fsp3) is 0.286. The second kappa shape index (κ2) is 8.56. The van der Waals surface area contributed by atoms with Crippen LogP contribution in [0.15, 0.2) is 48.5 Å². The van der Waals surface area contributed by atoms with Crippen molar-refractivity contribution >= 4 is 23.5 Å². The van der Waals surface area contributed by atoms with E-state index in [2.05, 4.69) is 0 Å². The number of esters is 1. The molecule has 0 saturated heterocycles. The lowest BCUT2D eigenvalue weighted by Gasteiger charge is -2.31. The van der Waals surface area contributed by atoms with E-state index in [0.717, 1.165) is 24.1 Å². The molecule has 2 aromatic rings. The summed E-state index contributed by atoms with van der Waals surface area (Å²) in [4.78, 5) is 37.6. The van der Waals surface area contributed by atoms with Gasteiger partial charge in [-0.2, -0.15) is 0 Å². The molecule has 0 fully saturated rings. The molecule has 1 aliphatic heterocycles. The first-order valence-electron chi connectivity index (χ1n) is 9.07. The van der Waals surface area contributed by atoms with Crippen LogP contribution >= 0.6 is 0 Å². The number of primary amides is 1. The molecule has 2 aromatic carbocycles. The molecule has 3 rings (SSSR count). The Balaban J connectivity index is 1.63. The van der Waals surface area contributed by atoms with Crippen LogP contribution in [-0.2, 0) is 20.7 Å². The first-order valence-corrected chi connectivity index (χ1v) is 9.07. The molecule has 0 radical (unpaired) electrons. The van der Waals surface area contributed by atoms with Crippen molar-refractivity contribution in [2.24, 2.45) is 5.73 Å². The maximum atomic E-state index is 12.8. The maximum Gasteiger partial charge on any atom is 0.338 e. The van der Waals surface area contributed by atoms with Crippen LogP contribution in [0.5, 0.6) is 5.75 Å². The number of ether oxygens (including phenoxy) is 2. The number of rotatable bonds is 6. The van der Waals surface area contributed by atoms with Gasteiger partial charge in [0.1, 0.15) is 5.75 Å². The zero-order valence-electron chi connectivity index (χ0n) is 15.6. The first-order chi connectivity index (χ1) is 13.5. The molecule has 0 bridgehead atoms. The van der Waals surface area contributed by atoms with E-state index in [9.17, 15) is 14.4 Å². The normalized spacial score (nSPS) is 14.0. The van der Waals surface area contributed by atoms with Crippen molar-refractivity contribution in [3.05, 3.63) is 59.7 Å². The van der Waals surface area contributed by atoms with E-state index in [0.29, 0.717) is 12.3 Å². The van der Waals surface area contributed by atoms with Crippen molar-refractivity contribution in [1.82, 2.24) is 0 Å². The smallest absolute Gasteiger partial charge is 0.338 e. The Bertz CT molecular complexity index is 879. The van der Waals surface area contributed by atoms with Gasteiger partial charge in [-0.3, -0.25) is 9.59 Å². The highest BCUT2D eigenvalue weighted by atomic mass is 16.5. The lowest BCUT2D eigenvalue weighted by Crippen LogP contribution is -2.42. The van der Waals surface area contributed by atoms with Crippen molar-refractivity contribution < 1.29 is 23.9 Å². The summed E-state index contributed by atoms with van der Waals surface area (Å²) in [6, 6.07) is 13.8. The van der Waals surface area contributed by atoms with E-state index < -0.39 is 18.0 Å². The van der Waals surface area contributed by atoms with Gasteiger partial charge in [-0.15, -0.1) is 0 Å². The van der Waals surface area contributed by atoms with Gasteiger partial charge in [-0.1, -0.05) is 18.2 Å². The van der Waals surface area contributed by atoms with Crippen LogP contribution in [0.3, 0.4) is 0 Å². The molecule has 0 spiro atoms. The Morgan fingerprint density at radius 2 is 1.82 bits per heavy atom. The van der Waals surface area contributed by atoms with Crippen molar-refractivity contribution in [2.45, 2.75) is 25.9 Å². The summed E-state index contributed by atoms with van der Waals surface area (Å²) in [5.41, 5.74) is 7.29. The number of nitrogens with two attached hydrogens (primary N) is 1. The fourth-order valence-corrected chi connectivity index (χ4v) is 3.10. The predicted octanol–water partition coefficient (Wildman–Crippen LogP) is 2.08. The number of anilines is 1. The monoisotopic (exact) mass is 382 g/mol. The molecule has 146 valence electrons. The predicted molar refractivity (Wildman–Crippen MR) is 103 cm³/mol. The van der Waals surface area contributed by atoms with Crippen LogP contribution < -0.4 is 15.4 Å². The molecule has 1 aliphatic rings. The Hall–Kier alpha value is -3.35. The molecule has 0 aliphatic carbocycles. The topological polar surface area (TPSA) is 98.9 Å². The number of hydrogen-bond donors (Lipinski definition) is 1. The molecular formula is C21H22N2O5. The molecule has 1 unspecified atom stereocenters. The number of carbonyl (C=O) groups excluding carboxylic acids is 3. The fourth-order valence-electron chi connectivity index (χ4n) is 3.10. The summed E-state index contributed by atoms with van der Waals surface area (Å²) in [6.45, 7) is 1.93. The second-order valence-electron chi connectivity index (χ2n) is 6.55. The summed E-state index contributed by atoms with van der Waals surface area (Å²) in [6.07, 6.45) is 0.888. The zero-order chi connectivity index (χ0) is 20.1. The van der Waals surface area contributed by atoms with Crippen LogP contribution in [0.25, 0.3) is 0 Å². The van der Waals surface area contributed by atoms with E-state index in [1.54, 1.807) is 11.8 Å². The summed E-state index contributed by atoms with van der Waals surface area (Å²) >= 11 is 0. The van der Waals surface area contributed by atoms with Crippen molar-refractivity contribution in [2.75, 3.05) is 18.1 Å². The van der Waals surface area contributed by atoms with Crippen molar-refractivity contribution in [3.63, 3.8) is 0 Å². The van der Waals surface area contributed by atoms with Crippen molar-refractivity contribution in [3.8, 4) is 5.75 Å². The van der Waals surface area contributed by atoms with Gasteiger partial charge >= 0.3 is 5.97 Å². The number of para-hydroxylation sites is 1. The van der Waals surface area contributed by atoms with E-state index in [1.165, 1.54) is 24.3 Å². The molecule has 7 nitrogen and oxygen atoms in total. The van der Waals surface area contributed by atoms with Gasteiger partial charge in [-0.05, 0) is 55.7 Å². The number of nitrogens with zero attached hydrogens (tertiary/aromatic N) is 1. The zero-order valence-corrected chi connectivity index (χ0v) is 15.6. The third-order valence-corrected chi connectivity index (χ3v) is 4.48. The van der Waals surface area contributed by atoms with Gasteiger partial charge in [0.2, 0.25) is 0 Å². The number of amides is 2. The number of hydrogen-bond acceptors (Lipinski definition) is 5. The van der Waals surface area contributed by atoms with Crippen LogP contribution in [0.1, 0.15) is 29.3 Å². The van der Waals surface area contributed by atoms with Crippen LogP contribution in [0, 0.1) is 0 Å². The molecule has 1 heterocycles. The molecule has 0 aromatic heterocycles. The third-order valence-electron chi connectivity index (χ3n) is 4.48. The lowest BCUT2D eigenvalue weighted by molar-refractivity contribution is -0.126.